The van der Waals surface area contributed by atoms with Crippen LogP contribution in [0.5, 0.6) is 5.75 Å². The van der Waals surface area contributed by atoms with E-state index >= 15 is 0 Å². The quantitative estimate of drug-likeness (QED) is 0.568. The van der Waals surface area contributed by atoms with E-state index in [-0.39, 0.29) is 23.7 Å². The highest BCUT2D eigenvalue weighted by Crippen LogP contribution is 2.24. The van der Waals surface area contributed by atoms with Gasteiger partial charge in [0.2, 0.25) is 5.91 Å². The fourth-order valence-electron chi connectivity index (χ4n) is 2.99. The van der Waals surface area contributed by atoms with Gasteiger partial charge in [0.25, 0.3) is 0 Å². The van der Waals surface area contributed by atoms with Crippen LogP contribution in [0.15, 0.2) is 24.3 Å². The third kappa shape index (κ3) is 3.54. The molecule has 5 amide bonds. The van der Waals surface area contributed by atoms with E-state index in [1.807, 2.05) is 27.7 Å². The molecule has 140 valence electrons. The number of methoxy groups -OCH3 is 1. The Morgan fingerprint density at radius 1 is 1.00 bits per heavy atom. The van der Waals surface area contributed by atoms with Crippen LogP contribution >= 0.6 is 0 Å². The zero-order chi connectivity index (χ0) is 19.6. The number of rotatable bonds is 6. The number of benzene rings is 1. The first kappa shape index (κ1) is 19.4. The number of carbonyl (C=O) groups is 4. The molecule has 1 aromatic rings. The molecule has 1 aliphatic heterocycles. The van der Waals surface area contributed by atoms with Crippen LogP contribution in [0.4, 0.5) is 10.5 Å². The summed E-state index contributed by atoms with van der Waals surface area (Å²) in [5.41, 5.74) is 0.244. The van der Waals surface area contributed by atoms with Crippen LogP contribution in [0.25, 0.3) is 0 Å². The molecule has 1 saturated heterocycles. The van der Waals surface area contributed by atoms with Crippen molar-refractivity contribution in [1.29, 1.82) is 0 Å². The first-order chi connectivity index (χ1) is 12.2. The van der Waals surface area contributed by atoms with E-state index in [0.29, 0.717) is 10.6 Å². The number of anilines is 1. The van der Waals surface area contributed by atoms with Gasteiger partial charge < -0.3 is 9.64 Å². The Kier molecular flexibility index (Phi) is 5.64. The molecule has 1 aliphatic rings. The van der Waals surface area contributed by atoms with Gasteiger partial charge in [-0.05, 0) is 52.0 Å². The van der Waals surface area contributed by atoms with E-state index in [2.05, 4.69) is 0 Å². The van der Waals surface area contributed by atoms with Gasteiger partial charge in [-0.25, -0.2) is 14.6 Å². The molecule has 1 aromatic carbocycles. The number of nitrogens with zero attached hydrogens (tertiary/aromatic N) is 3. The van der Waals surface area contributed by atoms with Crippen molar-refractivity contribution in [1.82, 2.24) is 9.80 Å². The lowest BCUT2D eigenvalue weighted by atomic mass is 10.2. The molecule has 0 radical (unpaired) electrons. The number of hydrogen-bond acceptors (Lipinski definition) is 5. The van der Waals surface area contributed by atoms with Crippen LogP contribution in [0.1, 0.15) is 27.7 Å². The van der Waals surface area contributed by atoms with Gasteiger partial charge in [-0.1, -0.05) is 0 Å². The summed E-state index contributed by atoms with van der Waals surface area (Å²) in [6.07, 6.45) is 0. The molecular weight excluding hydrogens is 338 g/mol. The van der Waals surface area contributed by atoms with Crippen molar-refractivity contribution < 1.29 is 23.9 Å². The van der Waals surface area contributed by atoms with E-state index in [1.54, 1.807) is 17.0 Å². The van der Waals surface area contributed by atoms with Crippen LogP contribution < -0.4 is 9.64 Å². The summed E-state index contributed by atoms with van der Waals surface area (Å²) in [4.78, 5) is 52.6. The van der Waals surface area contributed by atoms with Gasteiger partial charge in [-0.3, -0.25) is 14.4 Å². The standard InChI is InChI=1S/C18H23N3O5/c1-11(2)20(12(3)4)15(22)10-19-16(23)17(24)21(18(19)25)13-6-8-14(26-5)9-7-13/h6-9,11-12H,10H2,1-5H3. The predicted octanol–water partition coefficient (Wildman–Crippen LogP) is 1.64. The van der Waals surface area contributed by atoms with E-state index in [9.17, 15) is 19.2 Å². The highest BCUT2D eigenvalue weighted by molar-refractivity contribution is 6.53. The maximum Gasteiger partial charge on any atom is 0.339 e. The highest BCUT2D eigenvalue weighted by atomic mass is 16.5. The number of urea groups is 1. The minimum atomic E-state index is -1.01. The van der Waals surface area contributed by atoms with Crippen LogP contribution in [0.2, 0.25) is 0 Å². The zero-order valence-electron chi connectivity index (χ0n) is 15.6. The molecule has 1 heterocycles. The number of ether oxygens (including phenoxy) is 1. The molecule has 8 nitrogen and oxygen atoms in total. The van der Waals surface area contributed by atoms with Crippen LogP contribution in [0.3, 0.4) is 0 Å². The molecule has 2 rings (SSSR count). The minimum Gasteiger partial charge on any atom is -0.497 e. The van der Waals surface area contributed by atoms with Crippen LogP contribution in [-0.4, -0.2) is 59.3 Å². The summed E-state index contributed by atoms with van der Waals surface area (Å²) < 4.78 is 5.04. The first-order valence-electron chi connectivity index (χ1n) is 8.34. The van der Waals surface area contributed by atoms with Gasteiger partial charge >= 0.3 is 17.8 Å². The van der Waals surface area contributed by atoms with Gasteiger partial charge in [0.15, 0.2) is 0 Å². The number of amides is 5. The average molecular weight is 361 g/mol. The van der Waals surface area contributed by atoms with Gasteiger partial charge in [-0.2, -0.15) is 0 Å². The SMILES string of the molecule is COc1ccc(N2C(=O)C(=O)N(CC(=O)N(C(C)C)C(C)C)C2=O)cc1. The summed E-state index contributed by atoms with van der Waals surface area (Å²) >= 11 is 0. The van der Waals surface area contributed by atoms with Crippen molar-refractivity contribution in [2.75, 3.05) is 18.6 Å². The normalized spacial score (nSPS) is 14.7. The zero-order valence-corrected chi connectivity index (χ0v) is 15.6. The summed E-state index contributed by atoms with van der Waals surface area (Å²) in [5, 5.41) is 0. The number of carbonyl (C=O) groups excluding carboxylic acids is 4. The summed E-state index contributed by atoms with van der Waals surface area (Å²) in [5.74, 6) is -1.82. The molecule has 0 aliphatic carbocycles. The third-order valence-electron chi connectivity index (χ3n) is 4.08. The second kappa shape index (κ2) is 7.55. The van der Waals surface area contributed by atoms with E-state index in [0.717, 1.165) is 4.90 Å². The van der Waals surface area contributed by atoms with Crippen molar-refractivity contribution in [3.8, 4) is 5.75 Å². The van der Waals surface area contributed by atoms with Crippen LogP contribution in [0, 0.1) is 0 Å². The van der Waals surface area contributed by atoms with Crippen molar-refractivity contribution in [2.24, 2.45) is 0 Å². The maximum atomic E-state index is 12.6. The Labute approximate surface area is 152 Å². The van der Waals surface area contributed by atoms with Gasteiger partial charge in [-0.15, -0.1) is 0 Å². The van der Waals surface area contributed by atoms with Crippen LogP contribution in [-0.2, 0) is 14.4 Å². The first-order valence-corrected chi connectivity index (χ1v) is 8.34. The van der Waals surface area contributed by atoms with E-state index < -0.39 is 24.4 Å². The second-order valence-corrected chi connectivity index (χ2v) is 6.50. The molecule has 0 bridgehead atoms. The maximum absolute atomic E-state index is 12.6. The monoisotopic (exact) mass is 361 g/mol. The Bertz CT molecular complexity index is 719. The molecule has 0 spiro atoms. The molecule has 0 saturated carbocycles. The minimum absolute atomic E-state index is 0.0938. The molecule has 26 heavy (non-hydrogen) atoms. The van der Waals surface area contributed by atoms with Gasteiger partial charge in [0.05, 0.1) is 12.8 Å². The lowest BCUT2D eigenvalue weighted by molar-refractivity contribution is -0.143. The van der Waals surface area contributed by atoms with E-state index in [4.69, 9.17) is 4.74 Å². The molecule has 0 atom stereocenters. The molecule has 0 N–H and O–H groups in total. The highest BCUT2D eigenvalue weighted by Gasteiger charge is 2.46. The van der Waals surface area contributed by atoms with Crippen molar-refractivity contribution in [3.05, 3.63) is 24.3 Å². The topological polar surface area (TPSA) is 87.2 Å². The fourth-order valence-corrected chi connectivity index (χ4v) is 2.99. The molecular formula is C18H23N3O5. The van der Waals surface area contributed by atoms with Crippen molar-refractivity contribution >= 4 is 29.4 Å². The number of hydrogen-bond donors (Lipinski definition) is 0. The molecule has 0 aromatic heterocycles. The molecule has 1 fully saturated rings. The average Bonchev–Trinajstić information content (AvgIpc) is 2.78. The lowest BCUT2D eigenvalue weighted by Gasteiger charge is -2.31. The Balaban J connectivity index is 2.23. The molecule has 8 heteroatoms. The Hall–Kier alpha value is -2.90. The number of imide groups is 2. The summed E-state index contributed by atoms with van der Waals surface area (Å²) in [6, 6.07) is 5.14. The largest absolute Gasteiger partial charge is 0.497 e. The summed E-state index contributed by atoms with van der Waals surface area (Å²) in [6.45, 7) is 6.92. The fraction of sp³-hybridized carbons (Fsp3) is 0.444. The van der Waals surface area contributed by atoms with Crippen molar-refractivity contribution in [2.45, 2.75) is 39.8 Å². The van der Waals surface area contributed by atoms with E-state index in [1.165, 1.54) is 19.2 Å². The van der Waals surface area contributed by atoms with Gasteiger partial charge in [0.1, 0.15) is 12.3 Å². The molecule has 0 unspecified atom stereocenters. The Morgan fingerprint density at radius 2 is 1.54 bits per heavy atom. The van der Waals surface area contributed by atoms with Gasteiger partial charge in [0, 0.05) is 12.1 Å². The second-order valence-electron chi connectivity index (χ2n) is 6.50. The third-order valence-corrected chi connectivity index (χ3v) is 4.08. The summed E-state index contributed by atoms with van der Waals surface area (Å²) in [7, 11) is 1.49. The Morgan fingerprint density at radius 3 is 2.00 bits per heavy atom. The lowest BCUT2D eigenvalue weighted by Crippen LogP contribution is -2.48. The smallest absolute Gasteiger partial charge is 0.339 e. The predicted molar refractivity (Wildman–Crippen MR) is 94.7 cm³/mol. The van der Waals surface area contributed by atoms with Crippen molar-refractivity contribution in [3.63, 3.8) is 0 Å².